The van der Waals surface area contributed by atoms with E-state index >= 15 is 0 Å². The molecule has 0 aliphatic carbocycles. The van der Waals surface area contributed by atoms with Crippen LogP contribution in [0.1, 0.15) is 227 Å². The Labute approximate surface area is 355 Å². The first-order valence-corrected chi connectivity index (χ1v) is 24.0. The maximum Gasteiger partial charge on any atom is 0.328 e. The molecule has 0 aliphatic heterocycles. The highest BCUT2D eigenvalue weighted by molar-refractivity contribution is 5.84. The summed E-state index contributed by atoms with van der Waals surface area (Å²) in [7, 11) is 0. The number of aliphatic imine (C=N–C) groups is 1. The van der Waals surface area contributed by atoms with Crippen molar-refractivity contribution in [2.45, 2.75) is 233 Å². The lowest BCUT2D eigenvalue weighted by Crippen LogP contribution is -2.42. The quantitative estimate of drug-likeness (QED) is 0.0178. The van der Waals surface area contributed by atoms with Crippen LogP contribution in [0.4, 0.5) is 0 Å². The molecule has 58 heavy (non-hydrogen) atoms. The Balaban J connectivity index is 4.44. The summed E-state index contributed by atoms with van der Waals surface area (Å²) >= 11 is 0. The predicted octanol–water partition coefficient (Wildman–Crippen LogP) is 10.8. The fourth-order valence-electron chi connectivity index (χ4n) is 7.19. The van der Waals surface area contributed by atoms with Crippen molar-refractivity contribution in [2.24, 2.45) is 28.3 Å². The first kappa shape index (κ1) is 55.2. The average molecular weight is 823 g/mol. The van der Waals surface area contributed by atoms with Gasteiger partial charge in [0.05, 0.1) is 31.7 Å². The largest absolute Gasteiger partial charge is 0.465 e. The lowest BCUT2D eigenvalue weighted by atomic mass is 9.94. The van der Waals surface area contributed by atoms with Crippen LogP contribution >= 0.6 is 0 Å². The fourth-order valence-corrected chi connectivity index (χ4v) is 7.19. The second-order valence-corrected chi connectivity index (χ2v) is 16.4. The Morgan fingerprint density at radius 1 is 0.448 bits per heavy atom. The number of rotatable bonds is 42. The SMILES string of the molecule is CCCCCCCCC(CCCCCC)C(=O)OCCCCCCOC(=O)C(CCN=C(N)N)NC(=O)CCCCCCCOC(=O)C(CCCC)CCCCCC. The molecule has 3 unspecified atom stereocenters. The smallest absolute Gasteiger partial charge is 0.328 e. The predicted molar refractivity (Wildman–Crippen MR) is 238 cm³/mol. The number of nitrogens with one attached hydrogen (secondary N) is 1. The van der Waals surface area contributed by atoms with Gasteiger partial charge in [-0.2, -0.15) is 0 Å². The molecule has 0 radical (unpaired) electrons. The Morgan fingerprint density at radius 3 is 1.26 bits per heavy atom. The Morgan fingerprint density at radius 2 is 0.810 bits per heavy atom. The number of guanidine groups is 1. The maximum atomic E-state index is 12.9. The Bertz CT molecular complexity index is 1040. The molecule has 0 bridgehead atoms. The number of esters is 3. The van der Waals surface area contributed by atoms with Crippen molar-refractivity contribution in [2.75, 3.05) is 26.4 Å². The van der Waals surface area contributed by atoms with E-state index in [1.165, 1.54) is 70.6 Å². The van der Waals surface area contributed by atoms with E-state index in [0.717, 1.165) is 103 Å². The molecule has 0 saturated heterocycles. The molecule has 5 N–H and O–H groups in total. The number of carbonyl (C=O) groups is 4. The van der Waals surface area contributed by atoms with E-state index in [-0.39, 0.29) is 55.2 Å². The van der Waals surface area contributed by atoms with Crippen LogP contribution in [-0.4, -0.2) is 62.2 Å². The van der Waals surface area contributed by atoms with Gasteiger partial charge in [0.25, 0.3) is 0 Å². The summed E-state index contributed by atoms with van der Waals surface area (Å²) in [4.78, 5) is 55.2. The van der Waals surface area contributed by atoms with Crippen molar-refractivity contribution >= 4 is 29.8 Å². The van der Waals surface area contributed by atoms with Gasteiger partial charge in [-0.25, -0.2) is 4.79 Å². The molecule has 0 aromatic heterocycles. The van der Waals surface area contributed by atoms with E-state index in [1.807, 2.05) is 0 Å². The van der Waals surface area contributed by atoms with Gasteiger partial charge in [0, 0.05) is 13.0 Å². The van der Waals surface area contributed by atoms with Gasteiger partial charge in [0.2, 0.25) is 5.91 Å². The molecule has 0 rings (SSSR count). The van der Waals surface area contributed by atoms with Crippen LogP contribution in [0.2, 0.25) is 0 Å². The first-order valence-electron chi connectivity index (χ1n) is 24.0. The summed E-state index contributed by atoms with van der Waals surface area (Å²) < 4.78 is 16.9. The molecule has 0 aliphatic rings. The number of amides is 1. The Hall–Kier alpha value is -2.85. The molecular weight excluding hydrogens is 733 g/mol. The molecule has 0 aromatic rings. The number of nitrogens with two attached hydrogens (primary N) is 2. The monoisotopic (exact) mass is 823 g/mol. The zero-order valence-electron chi connectivity index (χ0n) is 37.9. The van der Waals surface area contributed by atoms with E-state index in [0.29, 0.717) is 32.5 Å². The van der Waals surface area contributed by atoms with Crippen LogP contribution in [0.5, 0.6) is 0 Å². The van der Waals surface area contributed by atoms with Crippen LogP contribution in [0.25, 0.3) is 0 Å². The van der Waals surface area contributed by atoms with Crippen molar-refractivity contribution in [1.29, 1.82) is 0 Å². The highest BCUT2D eigenvalue weighted by atomic mass is 16.5. The molecular formula is C47H90N4O7. The first-order chi connectivity index (χ1) is 28.2. The van der Waals surface area contributed by atoms with E-state index in [9.17, 15) is 19.2 Å². The molecule has 11 heteroatoms. The summed E-state index contributed by atoms with van der Waals surface area (Å²) in [6, 6.07) is -0.830. The minimum Gasteiger partial charge on any atom is -0.465 e. The second kappa shape index (κ2) is 40.9. The average Bonchev–Trinajstić information content (AvgIpc) is 3.20. The zero-order valence-corrected chi connectivity index (χ0v) is 37.9. The zero-order chi connectivity index (χ0) is 42.9. The highest BCUT2D eigenvalue weighted by Crippen LogP contribution is 2.22. The summed E-state index contributed by atoms with van der Waals surface area (Å²) in [5.41, 5.74) is 10.9. The topological polar surface area (TPSA) is 172 Å². The summed E-state index contributed by atoms with van der Waals surface area (Å²) in [6.07, 6.45) is 30.5. The van der Waals surface area contributed by atoms with Crippen molar-refractivity contribution in [3.05, 3.63) is 0 Å². The van der Waals surface area contributed by atoms with Crippen LogP contribution in [0.3, 0.4) is 0 Å². The standard InChI is InChI=1S/C47H90N4O7/c1-5-9-13-16-18-25-33-41(32-24-15-11-7-3)45(54)57-38-28-21-22-29-39-58-46(55)42(35-36-50-47(48)49)51-43(52)34-26-19-17-20-27-37-56-44(53)40(30-12-8-4)31-23-14-10-6-2/h40-42H,5-39H2,1-4H3,(H,51,52)(H4,48,49,50). The third-order valence-electron chi connectivity index (χ3n) is 10.9. The third kappa shape index (κ3) is 34.1. The summed E-state index contributed by atoms with van der Waals surface area (Å²) in [5, 5.41) is 2.82. The third-order valence-corrected chi connectivity index (χ3v) is 10.9. The number of nitrogens with zero attached hydrogens (tertiary/aromatic N) is 1. The minimum atomic E-state index is -0.830. The molecule has 0 fully saturated rings. The number of carbonyl (C=O) groups excluding carboxylic acids is 4. The number of ether oxygens (including phenoxy) is 3. The maximum absolute atomic E-state index is 12.9. The van der Waals surface area contributed by atoms with E-state index < -0.39 is 12.0 Å². The van der Waals surface area contributed by atoms with Crippen molar-refractivity contribution in [1.82, 2.24) is 5.32 Å². The van der Waals surface area contributed by atoms with E-state index in [4.69, 9.17) is 25.7 Å². The van der Waals surface area contributed by atoms with Crippen LogP contribution < -0.4 is 16.8 Å². The molecule has 3 atom stereocenters. The van der Waals surface area contributed by atoms with Crippen LogP contribution in [0.15, 0.2) is 4.99 Å². The van der Waals surface area contributed by atoms with Crippen molar-refractivity contribution in [3.8, 4) is 0 Å². The normalized spacial score (nSPS) is 12.7. The van der Waals surface area contributed by atoms with E-state index in [2.05, 4.69) is 38.0 Å². The molecule has 0 heterocycles. The lowest BCUT2D eigenvalue weighted by molar-refractivity contribution is -0.150. The number of unbranched alkanes of at least 4 members (excludes halogenated alkanes) is 19. The highest BCUT2D eigenvalue weighted by Gasteiger charge is 2.23. The van der Waals surface area contributed by atoms with Gasteiger partial charge < -0.3 is 31.0 Å². The molecule has 0 saturated carbocycles. The van der Waals surface area contributed by atoms with Gasteiger partial charge in [-0.15, -0.1) is 0 Å². The fraction of sp³-hybridized carbons (Fsp3) is 0.894. The van der Waals surface area contributed by atoms with Gasteiger partial charge >= 0.3 is 17.9 Å². The summed E-state index contributed by atoms with van der Waals surface area (Å²) in [5.74, 6) is -0.819. The number of hydrogen-bond donors (Lipinski definition) is 3. The molecule has 340 valence electrons. The number of hydrogen-bond acceptors (Lipinski definition) is 8. The van der Waals surface area contributed by atoms with Crippen LogP contribution in [0, 0.1) is 11.8 Å². The van der Waals surface area contributed by atoms with Gasteiger partial charge in [-0.1, -0.05) is 150 Å². The minimum absolute atomic E-state index is 0.00948. The molecule has 11 nitrogen and oxygen atoms in total. The Kier molecular flexibility index (Phi) is 38.9. The lowest BCUT2D eigenvalue weighted by Gasteiger charge is -2.17. The molecule has 0 aromatic carbocycles. The molecule has 1 amide bonds. The van der Waals surface area contributed by atoms with E-state index in [1.54, 1.807) is 0 Å². The molecule has 0 spiro atoms. The second-order valence-electron chi connectivity index (χ2n) is 16.4. The van der Waals surface area contributed by atoms with Crippen LogP contribution in [-0.2, 0) is 33.4 Å². The van der Waals surface area contributed by atoms with Gasteiger partial charge in [0.1, 0.15) is 6.04 Å². The van der Waals surface area contributed by atoms with Gasteiger partial charge in [-0.05, 0) is 70.6 Å². The van der Waals surface area contributed by atoms with Crippen molar-refractivity contribution in [3.63, 3.8) is 0 Å². The summed E-state index contributed by atoms with van der Waals surface area (Å²) in [6.45, 7) is 10.1. The van der Waals surface area contributed by atoms with Gasteiger partial charge in [-0.3, -0.25) is 19.4 Å². The van der Waals surface area contributed by atoms with Crippen molar-refractivity contribution < 1.29 is 33.4 Å². The van der Waals surface area contributed by atoms with Gasteiger partial charge in [0.15, 0.2) is 5.96 Å².